The molecule has 0 spiro atoms. The van der Waals surface area contributed by atoms with Crippen molar-refractivity contribution < 1.29 is 18.0 Å². The summed E-state index contributed by atoms with van der Waals surface area (Å²) in [6, 6.07) is 13.1. The third kappa shape index (κ3) is 6.13. The number of hydrogen-bond donors (Lipinski definition) is 2. The lowest BCUT2D eigenvalue weighted by Crippen LogP contribution is -2.33. The van der Waals surface area contributed by atoms with Gasteiger partial charge < -0.3 is 10.6 Å². The van der Waals surface area contributed by atoms with Crippen molar-refractivity contribution >= 4 is 27.5 Å². The molecule has 2 aromatic rings. The molecule has 7 nitrogen and oxygen atoms in total. The van der Waals surface area contributed by atoms with Crippen LogP contribution in [0.4, 0.5) is 5.69 Å². The Morgan fingerprint density at radius 3 is 2.31 bits per heavy atom. The van der Waals surface area contributed by atoms with Crippen LogP contribution in [0.5, 0.6) is 0 Å². The summed E-state index contributed by atoms with van der Waals surface area (Å²) in [6.07, 6.45) is 0.105. The maximum atomic E-state index is 12.4. The van der Waals surface area contributed by atoms with E-state index in [1.807, 2.05) is 13.0 Å². The Morgan fingerprint density at radius 1 is 1.07 bits per heavy atom. The molecule has 2 rings (SSSR count). The fraction of sp³-hybridized carbons (Fsp3) is 0.333. The van der Waals surface area contributed by atoms with Crippen molar-refractivity contribution in [2.24, 2.45) is 0 Å². The second-order valence-electron chi connectivity index (χ2n) is 7.06. The van der Waals surface area contributed by atoms with Crippen molar-refractivity contribution in [2.45, 2.75) is 38.1 Å². The summed E-state index contributed by atoms with van der Waals surface area (Å²) in [5.41, 5.74) is 2.03. The third-order valence-corrected chi connectivity index (χ3v) is 6.51. The minimum atomic E-state index is -3.56. The van der Waals surface area contributed by atoms with Crippen LogP contribution >= 0.6 is 0 Å². The molecule has 2 N–H and O–H groups in total. The summed E-state index contributed by atoms with van der Waals surface area (Å²) in [4.78, 5) is 24.3. The van der Waals surface area contributed by atoms with Crippen LogP contribution in [0, 0.1) is 6.92 Å². The van der Waals surface area contributed by atoms with Gasteiger partial charge in [-0.3, -0.25) is 9.59 Å². The molecule has 2 amide bonds. The minimum absolute atomic E-state index is 0.105. The molecule has 0 heterocycles. The van der Waals surface area contributed by atoms with Gasteiger partial charge >= 0.3 is 0 Å². The predicted octanol–water partition coefficient (Wildman–Crippen LogP) is 2.78. The van der Waals surface area contributed by atoms with E-state index < -0.39 is 10.0 Å². The Kier molecular flexibility index (Phi) is 7.53. The molecular formula is C21H27N3O4S. The van der Waals surface area contributed by atoms with Gasteiger partial charge in [-0.05, 0) is 57.2 Å². The topological polar surface area (TPSA) is 95.6 Å². The minimum Gasteiger partial charge on any atom is -0.352 e. The Bertz CT molecular complexity index is 970. The molecule has 0 atom stereocenters. The molecule has 0 bridgehead atoms. The molecule has 0 aliphatic rings. The average molecular weight is 418 g/mol. The van der Waals surface area contributed by atoms with Crippen LogP contribution in [0.25, 0.3) is 0 Å². The Morgan fingerprint density at radius 2 is 1.72 bits per heavy atom. The van der Waals surface area contributed by atoms with E-state index in [2.05, 4.69) is 10.6 Å². The van der Waals surface area contributed by atoms with E-state index >= 15 is 0 Å². The van der Waals surface area contributed by atoms with Crippen molar-refractivity contribution in [3.8, 4) is 0 Å². The molecule has 0 aliphatic carbocycles. The fourth-order valence-electron chi connectivity index (χ4n) is 2.56. The van der Waals surface area contributed by atoms with Gasteiger partial charge in [0.1, 0.15) is 0 Å². The maximum absolute atomic E-state index is 12.4. The first-order valence-electron chi connectivity index (χ1n) is 9.34. The van der Waals surface area contributed by atoms with Crippen molar-refractivity contribution in [1.82, 2.24) is 9.62 Å². The lowest BCUT2D eigenvalue weighted by molar-refractivity contribution is -0.116. The molecule has 8 heteroatoms. The first kappa shape index (κ1) is 22.6. The molecule has 0 saturated heterocycles. The lowest BCUT2D eigenvalue weighted by atomic mass is 10.1. The SMILES string of the molecule is Cc1cccc(C(=O)NCCC(=O)Nc2ccc(S(=O)(=O)N(C)C(C)C)cc2)c1. The van der Waals surface area contributed by atoms with Gasteiger partial charge in [-0.1, -0.05) is 17.7 Å². The number of hydrogen-bond acceptors (Lipinski definition) is 4. The number of benzene rings is 2. The summed E-state index contributed by atoms with van der Waals surface area (Å²) in [6.45, 7) is 5.69. The molecule has 0 fully saturated rings. The van der Waals surface area contributed by atoms with Gasteiger partial charge in [-0.25, -0.2) is 8.42 Å². The summed E-state index contributed by atoms with van der Waals surface area (Å²) in [5, 5.41) is 5.41. The first-order chi connectivity index (χ1) is 13.6. The number of rotatable bonds is 8. The van der Waals surface area contributed by atoms with Crippen LogP contribution in [0.15, 0.2) is 53.4 Å². The molecule has 2 aromatic carbocycles. The largest absolute Gasteiger partial charge is 0.352 e. The smallest absolute Gasteiger partial charge is 0.251 e. The number of nitrogens with zero attached hydrogens (tertiary/aromatic N) is 1. The highest BCUT2D eigenvalue weighted by Gasteiger charge is 2.22. The van der Waals surface area contributed by atoms with Gasteiger partial charge in [0, 0.05) is 37.3 Å². The van der Waals surface area contributed by atoms with Gasteiger partial charge in [0.05, 0.1) is 4.90 Å². The van der Waals surface area contributed by atoms with E-state index in [4.69, 9.17) is 0 Å². The Hall–Kier alpha value is -2.71. The Balaban J connectivity index is 1.87. The van der Waals surface area contributed by atoms with Crippen LogP contribution in [0.3, 0.4) is 0 Å². The highest BCUT2D eigenvalue weighted by atomic mass is 32.2. The van der Waals surface area contributed by atoms with Crippen LogP contribution in [-0.4, -0.2) is 44.2 Å². The normalized spacial score (nSPS) is 11.5. The van der Waals surface area contributed by atoms with E-state index in [-0.39, 0.29) is 35.7 Å². The predicted molar refractivity (Wildman–Crippen MR) is 113 cm³/mol. The van der Waals surface area contributed by atoms with Crippen LogP contribution in [-0.2, 0) is 14.8 Å². The fourth-order valence-corrected chi connectivity index (χ4v) is 3.92. The number of carbonyl (C=O) groups is 2. The Labute approximate surface area is 172 Å². The number of amides is 2. The molecule has 0 aromatic heterocycles. The monoisotopic (exact) mass is 417 g/mol. The molecule has 29 heavy (non-hydrogen) atoms. The number of anilines is 1. The van der Waals surface area contributed by atoms with E-state index in [0.717, 1.165) is 5.56 Å². The summed E-state index contributed by atoms with van der Waals surface area (Å²) < 4.78 is 26.2. The van der Waals surface area contributed by atoms with Gasteiger partial charge in [0.15, 0.2) is 0 Å². The van der Waals surface area contributed by atoms with Crippen LogP contribution in [0.1, 0.15) is 36.2 Å². The number of carbonyl (C=O) groups excluding carboxylic acids is 2. The maximum Gasteiger partial charge on any atom is 0.251 e. The zero-order valence-electron chi connectivity index (χ0n) is 17.1. The molecular weight excluding hydrogens is 390 g/mol. The second-order valence-corrected chi connectivity index (χ2v) is 9.06. The van der Waals surface area contributed by atoms with Gasteiger partial charge in [-0.15, -0.1) is 0 Å². The third-order valence-electron chi connectivity index (χ3n) is 4.46. The van der Waals surface area contributed by atoms with Crippen LogP contribution < -0.4 is 10.6 Å². The summed E-state index contributed by atoms with van der Waals surface area (Å²) in [7, 11) is -2.04. The van der Waals surface area contributed by atoms with Gasteiger partial charge in [-0.2, -0.15) is 4.31 Å². The molecule has 0 saturated carbocycles. The molecule has 156 valence electrons. The highest BCUT2D eigenvalue weighted by molar-refractivity contribution is 7.89. The zero-order valence-corrected chi connectivity index (χ0v) is 17.9. The van der Waals surface area contributed by atoms with Gasteiger partial charge in [0.25, 0.3) is 5.91 Å². The number of aryl methyl sites for hydroxylation is 1. The quantitative estimate of drug-likeness (QED) is 0.690. The van der Waals surface area contributed by atoms with Crippen molar-refractivity contribution in [3.63, 3.8) is 0 Å². The van der Waals surface area contributed by atoms with Crippen LogP contribution in [0.2, 0.25) is 0 Å². The summed E-state index contributed by atoms with van der Waals surface area (Å²) >= 11 is 0. The number of nitrogens with one attached hydrogen (secondary N) is 2. The van der Waals surface area contributed by atoms with Gasteiger partial charge in [0.2, 0.25) is 15.9 Å². The molecule has 0 unspecified atom stereocenters. The zero-order chi connectivity index (χ0) is 21.6. The van der Waals surface area contributed by atoms with E-state index in [9.17, 15) is 18.0 Å². The average Bonchev–Trinajstić information content (AvgIpc) is 2.67. The lowest BCUT2D eigenvalue weighted by Gasteiger charge is -2.21. The standard InChI is InChI=1S/C21H27N3O4S/c1-15(2)24(4)29(27,28)19-10-8-18(9-11-19)23-20(25)12-13-22-21(26)17-7-5-6-16(3)14-17/h5-11,14-15H,12-13H2,1-4H3,(H,22,26)(H,23,25). The molecule has 0 aliphatic heterocycles. The van der Waals surface area contributed by atoms with Crippen molar-refractivity contribution in [1.29, 1.82) is 0 Å². The van der Waals surface area contributed by atoms with Crippen molar-refractivity contribution in [3.05, 3.63) is 59.7 Å². The highest BCUT2D eigenvalue weighted by Crippen LogP contribution is 2.19. The van der Waals surface area contributed by atoms with Crippen molar-refractivity contribution in [2.75, 3.05) is 18.9 Å². The summed E-state index contributed by atoms with van der Waals surface area (Å²) in [5.74, 6) is -0.505. The second kappa shape index (κ2) is 9.67. The first-order valence-corrected chi connectivity index (χ1v) is 10.8. The van der Waals surface area contributed by atoms with E-state index in [0.29, 0.717) is 11.3 Å². The van der Waals surface area contributed by atoms with E-state index in [1.165, 1.54) is 23.5 Å². The number of sulfonamides is 1. The molecule has 0 radical (unpaired) electrons. The van der Waals surface area contributed by atoms with E-state index in [1.54, 1.807) is 44.2 Å².